The lowest BCUT2D eigenvalue weighted by atomic mass is 10.3. The highest BCUT2D eigenvalue weighted by Crippen LogP contribution is 1.94. The van der Waals surface area contributed by atoms with Crippen LogP contribution in [0.15, 0.2) is 24.5 Å². The van der Waals surface area contributed by atoms with Gasteiger partial charge in [0.25, 0.3) is 0 Å². The molecule has 0 fully saturated rings. The monoisotopic (exact) mass is 150 g/mol. The molecular formula is C9H14N2. The van der Waals surface area contributed by atoms with Crippen LogP contribution in [0.4, 0.5) is 0 Å². The number of allylic oxidation sites excluding steroid dienone is 2. The van der Waals surface area contributed by atoms with Gasteiger partial charge in [-0.3, -0.25) is 0 Å². The summed E-state index contributed by atoms with van der Waals surface area (Å²) in [5.74, 6) is 1.04. The first-order valence-electron chi connectivity index (χ1n) is 4.06. The van der Waals surface area contributed by atoms with Crippen molar-refractivity contribution in [2.75, 3.05) is 0 Å². The Bertz CT molecular complexity index is 199. The van der Waals surface area contributed by atoms with E-state index in [-0.39, 0.29) is 0 Å². The van der Waals surface area contributed by atoms with Crippen LogP contribution >= 0.6 is 0 Å². The molecule has 0 aliphatic rings. The maximum Gasteiger partial charge on any atom is 0.109 e. The molecule has 0 amide bonds. The lowest BCUT2D eigenvalue weighted by Crippen LogP contribution is -1.82. The third kappa shape index (κ3) is 3.03. The number of unbranched alkanes of at least 4 members (excludes halogenated alkanes) is 1. The predicted octanol–water partition coefficient (Wildman–Crippen LogP) is 2.31. The van der Waals surface area contributed by atoms with Gasteiger partial charge in [-0.05, 0) is 6.42 Å². The van der Waals surface area contributed by atoms with Crippen molar-refractivity contribution in [2.24, 2.45) is 0 Å². The number of hydrogen-bond donors (Lipinski definition) is 1. The van der Waals surface area contributed by atoms with Crippen LogP contribution < -0.4 is 0 Å². The number of rotatable bonds is 4. The highest BCUT2D eigenvalue weighted by molar-refractivity contribution is 4.96. The Balaban J connectivity index is 2.23. The van der Waals surface area contributed by atoms with Gasteiger partial charge in [0.05, 0.1) is 0 Å². The zero-order valence-electron chi connectivity index (χ0n) is 6.88. The molecule has 0 spiro atoms. The second-order valence-electron chi connectivity index (χ2n) is 2.50. The minimum atomic E-state index is 0.924. The second-order valence-corrected chi connectivity index (χ2v) is 2.50. The summed E-state index contributed by atoms with van der Waals surface area (Å²) in [7, 11) is 0. The third-order valence-electron chi connectivity index (χ3n) is 1.49. The molecule has 0 unspecified atom stereocenters. The molecule has 1 aromatic rings. The van der Waals surface area contributed by atoms with Gasteiger partial charge in [-0.1, -0.05) is 25.5 Å². The number of H-pyrrole nitrogens is 1. The Labute approximate surface area is 67.4 Å². The summed E-state index contributed by atoms with van der Waals surface area (Å²) >= 11 is 0. The summed E-state index contributed by atoms with van der Waals surface area (Å²) in [6.45, 7) is 2.18. The van der Waals surface area contributed by atoms with Gasteiger partial charge in [-0.15, -0.1) is 0 Å². The molecule has 1 heterocycles. The van der Waals surface area contributed by atoms with Crippen molar-refractivity contribution < 1.29 is 0 Å². The highest BCUT2D eigenvalue weighted by atomic mass is 14.9. The molecule has 2 nitrogen and oxygen atoms in total. The molecule has 0 bridgehead atoms. The van der Waals surface area contributed by atoms with E-state index in [9.17, 15) is 0 Å². The van der Waals surface area contributed by atoms with E-state index < -0.39 is 0 Å². The first kappa shape index (κ1) is 8.05. The van der Waals surface area contributed by atoms with Gasteiger partial charge >= 0.3 is 0 Å². The van der Waals surface area contributed by atoms with Crippen molar-refractivity contribution in [3.63, 3.8) is 0 Å². The topological polar surface area (TPSA) is 28.7 Å². The third-order valence-corrected chi connectivity index (χ3v) is 1.49. The van der Waals surface area contributed by atoms with Gasteiger partial charge in [-0.2, -0.15) is 0 Å². The molecular weight excluding hydrogens is 136 g/mol. The lowest BCUT2D eigenvalue weighted by Gasteiger charge is -1.86. The Morgan fingerprint density at radius 1 is 1.55 bits per heavy atom. The molecule has 0 aromatic carbocycles. The van der Waals surface area contributed by atoms with Gasteiger partial charge in [-0.25, -0.2) is 4.98 Å². The summed E-state index contributed by atoms with van der Waals surface area (Å²) in [4.78, 5) is 7.16. The lowest BCUT2D eigenvalue weighted by molar-refractivity contribution is 0.948. The summed E-state index contributed by atoms with van der Waals surface area (Å²) < 4.78 is 0. The van der Waals surface area contributed by atoms with E-state index in [4.69, 9.17) is 0 Å². The van der Waals surface area contributed by atoms with Gasteiger partial charge in [0.2, 0.25) is 0 Å². The maximum atomic E-state index is 4.11. The number of aromatic amines is 1. The van der Waals surface area contributed by atoms with E-state index in [1.54, 1.807) is 6.20 Å². The van der Waals surface area contributed by atoms with E-state index in [2.05, 4.69) is 29.0 Å². The first-order valence-corrected chi connectivity index (χ1v) is 4.06. The van der Waals surface area contributed by atoms with Crippen LogP contribution in [0.2, 0.25) is 0 Å². The minimum Gasteiger partial charge on any atom is -0.348 e. The van der Waals surface area contributed by atoms with E-state index >= 15 is 0 Å². The van der Waals surface area contributed by atoms with Crippen LogP contribution in [0, 0.1) is 0 Å². The largest absolute Gasteiger partial charge is 0.348 e. The van der Waals surface area contributed by atoms with E-state index in [0.29, 0.717) is 0 Å². The van der Waals surface area contributed by atoms with Crippen molar-refractivity contribution in [3.8, 4) is 0 Å². The predicted molar refractivity (Wildman–Crippen MR) is 46.3 cm³/mol. The Morgan fingerprint density at radius 2 is 2.45 bits per heavy atom. The van der Waals surface area contributed by atoms with Crippen LogP contribution in [-0.4, -0.2) is 9.97 Å². The Morgan fingerprint density at radius 3 is 3.09 bits per heavy atom. The fraction of sp³-hybridized carbons (Fsp3) is 0.444. The van der Waals surface area contributed by atoms with Crippen molar-refractivity contribution in [3.05, 3.63) is 30.4 Å². The van der Waals surface area contributed by atoms with Crippen LogP contribution in [0.3, 0.4) is 0 Å². The molecule has 60 valence electrons. The van der Waals surface area contributed by atoms with Crippen LogP contribution in [0.1, 0.15) is 25.6 Å². The van der Waals surface area contributed by atoms with Crippen LogP contribution in [0.5, 0.6) is 0 Å². The number of imidazole rings is 1. The fourth-order valence-corrected chi connectivity index (χ4v) is 0.889. The first-order chi connectivity index (χ1) is 5.43. The molecule has 2 heteroatoms. The number of nitrogens with one attached hydrogen (secondary N) is 1. The summed E-state index contributed by atoms with van der Waals surface area (Å²) in [5.41, 5.74) is 0. The molecule has 1 rings (SSSR count). The minimum absolute atomic E-state index is 0.924. The van der Waals surface area contributed by atoms with Gasteiger partial charge < -0.3 is 4.98 Å². The molecule has 11 heavy (non-hydrogen) atoms. The Hall–Kier alpha value is -1.05. The summed E-state index contributed by atoms with van der Waals surface area (Å²) in [6, 6.07) is 0. The molecule has 0 radical (unpaired) electrons. The van der Waals surface area contributed by atoms with Crippen molar-refractivity contribution >= 4 is 0 Å². The second kappa shape index (κ2) is 4.72. The average molecular weight is 150 g/mol. The van der Waals surface area contributed by atoms with E-state index in [0.717, 1.165) is 12.2 Å². The van der Waals surface area contributed by atoms with Crippen LogP contribution in [0.25, 0.3) is 0 Å². The molecule has 0 saturated carbocycles. The molecule has 1 aromatic heterocycles. The number of hydrogen-bond acceptors (Lipinski definition) is 1. The number of aromatic nitrogens is 2. The smallest absolute Gasteiger partial charge is 0.109 e. The van der Waals surface area contributed by atoms with Gasteiger partial charge in [0, 0.05) is 18.8 Å². The van der Waals surface area contributed by atoms with Gasteiger partial charge in [0.15, 0.2) is 0 Å². The van der Waals surface area contributed by atoms with Crippen LogP contribution in [-0.2, 0) is 6.42 Å². The average Bonchev–Trinajstić information content (AvgIpc) is 2.50. The summed E-state index contributed by atoms with van der Waals surface area (Å²) in [6.07, 6.45) is 11.3. The zero-order chi connectivity index (χ0) is 7.94. The van der Waals surface area contributed by atoms with E-state index in [1.807, 2.05) is 6.20 Å². The fourth-order valence-electron chi connectivity index (χ4n) is 0.889. The molecule has 0 aliphatic heterocycles. The zero-order valence-corrected chi connectivity index (χ0v) is 6.88. The highest BCUT2D eigenvalue weighted by Gasteiger charge is 1.87. The normalized spacial score (nSPS) is 11.0. The maximum absolute atomic E-state index is 4.11. The summed E-state index contributed by atoms with van der Waals surface area (Å²) in [5, 5.41) is 0. The number of nitrogens with zero attached hydrogens (tertiary/aromatic N) is 1. The molecule has 0 atom stereocenters. The molecule has 1 N–H and O–H groups in total. The standard InChI is InChI=1S/C9H14N2/c1-2-3-4-5-6-9-10-7-8-11-9/h4-5,7-8H,2-3,6H2,1H3,(H,10,11)/b5-4+. The van der Waals surface area contributed by atoms with Gasteiger partial charge in [0.1, 0.15) is 5.82 Å². The van der Waals surface area contributed by atoms with Crippen molar-refractivity contribution in [1.82, 2.24) is 9.97 Å². The quantitative estimate of drug-likeness (QED) is 0.655. The van der Waals surface area contributed by atoms with E-state index in [1.165, 1.54) is 12.8 Å². The van der Waals surface area contributed by atoms with Crippen molar-refractivity contribution in [2.45, 2.75) is 26.2 Å². The molecule has 0 saturated heterocycles. The SMILES string of the molecule is CCC/C=C/Cc1ncc[nH]1. The molecule has 0 aliphatic carbocycles. The van der Waals surface area contributed by atoms with Crippen molar-refractivity contribution in [1.29, 1.82) is 0 Å². The Kier molecular flexibility index (Phi) is 3.45.